The molecule has 0 saturated heterocycles. The first-order valence-corrected chi connectivity index (χ1v) is 7.67. The molecule has 2 unspecified atom stereocenters. The van der Waals surface area contributed by atoms with Crippen molar-refractivity contribution in [2.45, 2.75) is 17.7 Å². The van der Waals surface area contributed by atoms with Gasteiger partial charge in [0, 0.05) is 18.6 Å². The van der Waals surface area contributed by atoms with Crippen molar-refractivity contribution in [3.63, 3.8) is 0 Å². The van der Waals surface area contributed by atoms with Gasteiger partial charge in [-0.05, 0) is 23.6 Å². The summed E-state index contributed by atoms with van der Waals surface area (Å²) < 4.78 is 10.8. The van der Waals surface area contributed by atoms with Gasteiger partial charge >= 0.3 is 0 Å². The molecule has 0 N–H and O–H groups in total. The smallest absolute Gasteiger partial charge is 0.122 e. The predicted molar refractivity (Wildman–Crippen MR) is 85.3 cm³/mol. The van der Waals surface area contributed by atoms with Crippen molar-refractivity contribution in [2.75, 3.05) is 20.3 Å². The number of para-hydroxylation sites is 1. The number of benzene rings is 2. The van der Waals surface area contributed by atoms with Crippen LogP contribution in [0.3, 0.4) is 0 Å². The fraction of sp³-hybridized carbons (Fsp3) is 0.333. The molecule has 1 heterocycles. The molecule has 0 radical (unpaired) electrons. The lowest BCUT2D eigenvalue weighted by atomic mass is 9.92. The minimum absolute atomic E-state index is 0.0647. The summed E-state index contributed by atoms with van der Waals surface area (Å²) >= 11 is 6.69. The van der Waals surface area contributed by atoms with Gasteiger partial charge in [0.15, 0.2) is 0 Å². The van der Waals surface area contributed by atoms with Gasteiger partial charge in [-0.1, -0.05) is 42.5 Å². The number of methoxy groups -OCH3 is 1. The van der Waals surface area contributed by atoms with E-state index in [-0.39, 0.29) is 11.3 Å². The van der Waals surface area contributed by atoms with Gasteiger partial charge in [0.05, 0.1) is 18.6 Å². The summed E-state index contributed by atoms with van der Waals surface area (Å²) in [7, 11) is 1.72. The topological polar surface area (TPSA) is 18.5 Å². The number of alkyl halides is 1. The molecule has 21 heavy (non-hydrogen) atoms. The van der Waals surface area contributed by atoms with Crippen LogP contribution in [0.5, 0.6) is 5.75 Å². The number of hydrogen-bond donors (Lipinski definition) is 0. The Morgan fingerprint density at radius 1 is 1.19 bits per heavy atom. The Morgan fingerprint density at radius 2 is 1.95 bits per heavy atom. The second kappa shape index (κ2) is 6.50. The van der Waals surface area contributed by atoms with Gasteiger partial charge in [0.1, 0.15) is 5.75 Å². The van der Waals surface area contributed by atoms with Crippen molar-refractivity contribution in [1.82, 2.24) is 0 Å². The molecule has 0 spiro atoms. The molecule has 1 aliphatic heterocycles. The molecule has 0 bridgehead atoms. The lowest BCUT2D eigenvalue weighted by Crippen LogP contribution is -2.08. The first kappa shape index (κ1) is 14.4. The SMILES string of the molecule is COCCc1ccc(C(Cl)C2COc3ccccc32)cc1. The van der Waals surface area contributed by atoms with E-state index in [1.807, 2.05) is 18.2 Å². The van der Waals surface area contributed by atoms with Crippen molar-refractivity contribution >= 4 is 11.6 Å². The highest BCUT2D eigenvalue weighted by Crippen LogP contribution is 2.44. The largest absolute Gasteiger partial charge is 0.493 e. The molecule has 2 nitrogen and oxygen atoms in total. The molecule has 110 valence electrons. The number of hydrogen-bond acceptors (Lipinski definition) is 2. The number of fused-ring (bicyclic) bond motifs is 1. The van der Waals surface area contributed by atoms with Crippen LogP contribution in [0.25, 0.3) is 0 Å². The van der Waals surface area contributed by atoms with Crippen LogP contribution in [0, 0.1) is 0 Å². The van der Waals surface area contributed by atoms with Crippen LogP contribution in [0.15, 0.2) is 48.5 Å². The minimum Gasteiger partial charge on any atom is -0.493 e. The van der Waals surface area contributed by atoms with Crippen LogP contribution in [0.2, 0.25) is 0 Å². The molecular formula is C18H19ClO2. The third kappa shape index (κ3) is 3.07. The molecule has 2 atom stereocenters. The van der Waals surface area contributed by atoms with E-state index in [0.29, 0.717) is 6.61 Å². The summed E-state index contributed by atoms with van der Waals surface area (Å²) in [5.74, 6) is 1.18. The molecule has 0 fully saturated rings. The van der Waals surface area contributed by atoms with Gasteiger partial charge in [0.2, 0.25) is 0 Å². The van der Waals surface area contributed by atoms with E-state index in [2.05, 4.69) is 30.3 Å². The zero-order valence-electron chi connectivity index (χ0n) is 12.1. The Morgan fingerprint density at radius 3 is 2.71 bits per heavy atom. The Labute approximate surface area is 130 Å². The maximum atomic E-state index is 6.69. The van der Waals surface area contributed by atoms with E-state index in [1.165, 1.54) is 11.1 Å². The maximum Gasteiger partial charge on any atom is 0.122 e. The quantitative estimate of drug-likeness (QED) is 0.765. The molecular weight excluding hydrogens is 284 g/mol. The summed E-state index contributed by atoms with van der Waals surface area (Å²) in [5.41, 5.74) is 3.62. The number of ether oxygens (including phenoxy) is 2. The van der Waals surface area contributed by atoms with Crippen molar-refractivity contribution < 1.29 is 9.47 Å². The van der Waals surface area contributed by atoms with Gasteiger partial charge in [0.25, 0.3) is 0 Å². The van der Waals surface area contributed by atoms with Gasteiger partial charge in [-0.15, -0.1) is 11.6 Å². The van der Waals surface area contributed by atoms with Gasteiger partial charge in [-0.3, -0.25) is 0 Å². The molecule has 0 amide bonds. The summed E-state index contributed by atoms with van der Waals surface area (Å²) in [5, 5.41) is -0.0647. The van der Waals surface area contributed by atoms with Crippen LogP contribution in [0.1, 0.15) is 28.0 Å². The Balaban J connectivity index is 1.75. The van der Waals surface area contributed by atoms with E-state index < -0.39 is 0 Å². The van der Waals surface area contributed by atoms with Crippen LogP contribution >= 0.6 is 11.6 Å². The molecule has 0 aromatic heterocycles. The zero-order chi connectivity index (χ0) is 14.7. The standard InChI is InChI=1S/C18H19ClO2/c1-20-11-10-13-6-8-14(9-7-13)18(19)16-12-21-17-5-3-2-4-15(16)17/h2-9,16,18H,10-12H2,1H3. The monoisotopic (exact) mass is 302 g/mol. The Bertz CT molecular complexity index is 594. The minimum atomic E-state index is -0.0647. The molecule has 0 saturated carbocycles. The van der Waals surface area contributed by atoms with Crippen LogP contribution in [0.4, 0.5) is 0 Å². The Kier molecular flexibility index (Phi) is 4.47. The fourth-order valence-electron chi connectivity index (χ4n) is 2.75. The second-order valence-corrected chi connectivity index (χ2v) is 5.81. The fourth-order valence-corrected chi connectivity index (χ4v) is 3.10. The first-order valence-electron chi connectivity index (χ1n) is 7.23. The van der Waals surface area contributed by atoms with Crippen LogP contribution in [-0.2, 0) is 11.2 Å². The van der Waals surface area contributed by atoms with Gasteiger partial charge in [-0.2, -0.15) is 0 Å². The number of rotatable bonds is 5. The zero-order valence-corrected chi connectivity index (χ0v) is 12.8. The summed E-state index contributed by atoms with van der Waals surface area (Å²) in [6.45, 7) is 1.40. The molecule has 2 aromatic carbocycles. The average molecular weight is 303 g/mol. The Hall–Kier alpha value is -1.51. The summed E-state index contributed by atoms with van der Waals surface area (Å²) in [6, 6.07) is 16.6. The predicted octanol–water partition coefficient (Wildman–Crippen LogP) is 4.33. The first-order chi connectivity index (χ1) is 10.3. The van der Waals surface area contributed by atoms with Crippen molar-refractivity contribution in [1.29, 1.82) is 0 Å². The van der Waals surface area contributed by atoms with Crippen LogP contribution < -0.4 is 4.74 Å². The van der Waals surface area contributed by atoms with E-state index in [1.54, 1.807) is 7.11 Å². The third-order valence-corrected chi connectivity index (χ3v) is 4.54. The third-order valence-electron chi connectivity index (χ3n) is 3.98. The van der Waals surface area contributed by atoms with E-state index in [0.717, 1.165) is 24.3 Å². The number of halogens is 1. The molecule has 0 aliphatic carbocycles. The average Bonchev–Trinajstić information content (AvgIpc) is 2.97. The lowest BCUT2D eigenvalue weighted by Gasteiger charge is -2.17. The second-order valence-electron chi connectivity index (χ2n) is 5.34. The normalized spacial score (nSPS) is 18.1. The lowest BCUT2D eigenvalue weighted by molar-refractivity contribution is 0.202. The van der Waals surface area contributed by atoms with E-state index in [4.69, 9.17) is 21.1 Å². The molecule has 2 aromatic rings. The molecule has 3 rings (SSSR count). The summed E-state index contributed by atoms with van der Waals surface area (Å²) in [4.78, 5) is 0. The van der Waals surface area contributed by atoms with Gasteiger partial charge < -0.3 is 9.47 Å². The summed E-state index contributed by atoms with van der Waals surface area (Å²) in [6.07, 6.45) is 0.930. The highest BCUT2D eigenvalue weighted by atomic mass is 35.5. The molecule has 1 aliphatic rings. The van der Waals surface area contributed by atoms with E-state index in [9.17, 15) is 0 Å². The maximum absolute atomic E-state index is 6.69. The van der Waals surface area contributed by atoms with Gasteiger partial charge in [-0.25, -0.2) is 0 Å². The van der Waals surface area contributed by atoms with Crippen molar-refractivity contribution in [3.8, 4) is 5.75 Å². The van der Waals surface area contributed by atoms with Crippen LogP contribution in [-0.4, -0.2) is 20.3 Å². The van der Waals surface area contributed by atoms with E-state index >= 15 is 0 Å². The highest BCUT2D eigenvalue weighted by Gasteiger charge is 2.30. The highest BCUT2D eigenvalue weighted by molar-refractivity contribution is 6.21. The van der Waals surface area contributed by atoms with Crippen molar-refractivity contribution in [3.05, 3.63) is 65.2 Å². The van der Waals surface area contributed by atoms with Crippen molar-refractivity contribution in [2.24, 2.45) is 0 Å². The molecule has 3 heteroatoms.